The van der Waals surface area contributed by atoms with Gasteiger partial charge in [0.1, 0.15) is 0 Å². The standard InChI is InChI=1S/C12H14O3/c1-10(12(13)14)9-15-8-7-11-5-3-2-4-6-11/h2-6H,1,7-9H2,(H,13,14). The normalized spacial score (nSPS) is 9.87. The summed E-state index contributed by atoms with van der Waals surface area (Å²) in [6.45, 7) is 3.97. The molecule has 0 unspecified atom stereocenters. The molecule has 0 aromatic heterocycles. The van der Waals surface area contributed by atoms with Crippen LogP contribution in [0.15, 0.2) is 42.5 Å². The maximum atomic E-state index is 10.4. The molecule has 1 aromatic carbocycles. The minimum Gasteiger partial charge on any atom is -0.478 e. The van der Waals surface area contributed by atoms with E-state index in [9.17, 15) is 4.79 Å². The highest BCUT2D eigenvalue weighted by molar-refractivity contribution is 5.85. The van der Waals surface area contributed by atoms with Gasteiger partial charge in [0, 0.05) is 0 Å². The Hall–Kier alpha value is -1.61. The second kappa shape index (κ2) is 5.98. The summed E-state index contributed by atoms with van der Waals surface area (Å²) >= 11 is 0. The summed E-state index contributed by atoms with van der Waals surface area (Å²) in [4.78, 5) is 10.4. The number of rotatable bonds is 6. The fourth-order valence-corrected chi connectivity index (χ4v) is 1.09. The summed E-state index contributed by atoms with van der Waals surface area (Å²) in [7, 11) is 0. The molecule has 0 bridgehead atoms. The fraction of sp³-hybridized carbons (Fsp3) is 0.250. The van der Waals surface area contributed by atoms with Gasteiger partial charge in [-0.2, -0.15) is 0 Å². The topological polar surface area (TPSA) is 46.5 Å². The van der Waals surface area contributed by atoms with Gasteiger partial charge in [-0.05, 0) is 12.0 Å². The molecular weight excluding hydrogens is 192 g/mol. The molecule has 0 saturated heterocycles. The first-order valence-electron chi connectivity index (χ1n) is 4.73. The molecule has 0 atom stereocenters. The van der Waals surface area contributed by atoms with E-state index in [1.165, 1.54) is 5.56 Å². The fourth-order valence-electron chi connectivity index (χ4n) is 1.09. The summed E-state index contributed by atoms with van der Waals surface area (Å²) in [6.07, 6.45) is 0.785. The first-order chi connectivity index (χ1) is 7.20. The van der Waals surface area contributed by atoms with Gasteiger partial charge in [-0.3, -0.25) is 0 Å². The van der Waals surface area contributed by atoms with Crippen molar-refractivity contribution in [1.29, 1.82) is 0 Å². The van der Waals surface area contributed by atoms with Crippen molar-refractivity contribution in [2.75, 3.05) is 13.2 Å². The van der Waals surface area contributed by atoms with Crippen molar-refractivity contribution in [3.8, 4) is 0 Å². The van der Waals surface area contributed by atoms with Gasteiger partial charge in [0.05, 0.1) is 18.8 Å². The third-order valence-electron chi connectivity index (χ3n) is 1.96. The highest BCUT2D eigenvalue weighted by Crippen LogP contribution is 2.00. The number of carboxylic acid groups (broad SMARTS) is 1. The molecule has 0 saturated carbocycles. The Labute approximate surface area is 89.0 Å². The van der Waals surface area contributed by atoms with E-state index >= 15 is 0 Å². The minimum atomic E-state index is -1.00. The minimum absolute atomic E-state index is 0.0855. The Bertz CT molecular complexity index is 330. The lowest BCUT2D eigenvalue weighted by molar-refractivity contribution is -0.133. The largest absolute Gasteiger partial charge is 0.478 e. The molecule has 0 radical (unpaired) electrons. The first-order valence-corrected chi connectivity index (χ1v) is 4.73. The Balaban J connectivity index is 2.18. The zero-order valence-electron chi connectivity index (χ0n) is 8.48. The predicted octanol–water partition coefficient (Wildman–Crippen LogP) is 1.89. The Kier molecular flexibility index (Phi) is 4.57. The zero-order chi connectivity index (χ0) is 11.1. The third kappa shape index (κ3) is 4.42. The smallest absolute Gasteiger partial charge is 0.333 e. The van der Waals surface area contributed by atoms with Gasteiger partial charge in [-0.1, -0.05) is 36.9 Å². The van der Waals surface area contributed by atoms with Crippen molar-refractivity contribution < 1.29 is 14.6 Å². The van der Waals surface area contributed by atoms with Crippen LogP contribution in [0.5, 0.6) is 0 Å². The molecule has 1 rings (SSSR count). The van der Waals surface area contributed by atoms with Gasteiger partial charge in [-0.15, -0.1) is 0 Å². The number of ether oxygens (including phenoxy) is 1. The maximum Gasteiger partial charge on any atom is 0.333 e. The number of benzene rings is 1. The molecule has 0 aliphatic heterocycles. The van der Waals surface area contributed by atoms with Gasteiger partial charge >= 0.3 is 5.97 Å². The Morgan fingerprint density at radius 1 is 1.33 bits per heavy atom. The van der Waals surface area contributed by atoms with Gasteiger partial charge in [0.15, 0.2) is 0 Å². The van der Waals surface area contributed by atoms with Crippen LogP contribution in [0.1, 0.15) is 5.56 Å². The second-order valence-corrected chi connectivity index (χ2v) is 3.20. The molecule has 15 heavy (non-hydrogen) atoms. The Morgan fingerprint density at radius 3 is 2.60 bits per heavy atom. The van der Waals surface area contributed by atoms with E-state index in [4.69, 9.17) is 9.84 Å². The van der Waals surface area contributed by atoms with E-state index in [-0.39, 0.29) is 12.2 Å². The average molecular weight is 206 g/mol. The van der Waals surface area contributed by atoms with Crippen molar-refractivity contribution in [3.63, 3.8) is 0 Å². The summed E-state index contributed by atoms with van der Waals surface area (Å²) < 4.78 is 5.18. The van der Waals surface area contributed by atoms with E-state index in [1.807, 2.05) is 30.3 Å². The third-order valence-corrected chi connectivity index (χ3v) is 1.96. The van der Waals surface area contributed by atoms with Gasteiger partial charge < -0.3 is 9.84 Å². The zero-order valence-corrected chi connectivity index (χ0v) is 8.48. The SMILES string of the molecule is C=C(COCCc1ccccc1)C(=O)O. The van der Waals surface area contributed by atoms with Crippen LogP contribution >= 0.6 is 0 Å². The van der Waals surface area contributed by atoms with Gasteiger partial charge in [0.25, 0.3) is 0 Å². The van der Waals surface area contributed by atoms with Crippen molar-refractivity contribution in [3.05, 3.63) is 48.0 Å². The van der Waals surface area contributed by atoms with E-state index in [0.29, 0.717) is 6.61 Å². The lowest BCUT2D eigenvalue weighted by Gasteiger charge is -2.03. The Morgan fingerprint density at radius 2 is 2.00 bits per heavy atom. The molecule has 0 heterocycles. The number of carbonyl (C=O) groups is 1. The predicted molar refractivity (Wildman–Crippen MR) is 57.7 cm³/mol. The van der Waals surface area contributed by atoms with E-state index in [1.54, 1.807) is 0 Å². The summed E-state index contributed by atoms with van der Waals surface area (Å²) in [6, 6.07) is 9.90. The highest BCUT2D eigenvalue weighted by atomic mass is 16.5. The van der Waals surface area contributed by atoms with Gasteiger partial charge in [0.2, 0.25) is 0 Å². The van der Waals surface area contributed by atoms with Crippen LogP contribution in [0.3, 0.4) is 0 Å². The first kappa shape index (κ1) is 11.5. The molecule has 0 fully saturated rings. The van der Waals surface area contributed by atoms with Crippen LogP contribution in [0.25, 0.3) is 0 Å². The second-order valence-electron chi connectivity index (χ2n) is 3.20. The molecule has 80 valence electrons. The van der Waals surface area contributed by atoms with Crippen molar-refractivity contribution >= 4 is 5.97 Å². The average Bonchev–Trinajstić information content (AvgIpc) is 2.25. The quantitative estimate of drug-likeness (QED) is 0.571. The van der Waals surface area contributed by atoms with Crippen LogP contribution in [0.4, 0.5) is 0 Å². The summed E-state index contributed by atoms with van der Waals surface area (Å²) in [5.41, 5.74) is 1.27. The number of hydrogen-bond acceptors (Lipinski definition) is 2. The van der Waals surface area contributed by atoms with E-state index in [2.05, 4.69) is 6.58 Å². The number of aliphatic carboxylic acids is 1. The molecule has 0 aliphatic carbocycles. The van der Waals surface area contributed by atoms with E-state index in [0.717, 1.165) is 6.42 Å². The lowest BCUT2D eigenvalue weighted by atomic mass is 10.2. The van der Waals surface area contributed by atoms with Crippen LogP contribution in [0.2, 0.25) is 0 Å². The van der Waals surface area contributed by atoms with Crippen molar-refractivity contribution in [2.45, 2.75) is 6.42 Å². The number of hydrogen-bond donors (Lipinski definition) is 1. The van der Waals surface area contributed by atoms with Gasteiger partial charge in [-0.25, -0.2) is 4.79 Å². The number of carboxylic acids is 1. The molecule has 3 heteroatoms. The maximum absolute atomic E-state index is 10.4. The molecule has 1 aromatic rings. The van der Waals surface area contributed by atoms with Crippen molar-refractivity contribution in [1.82, 2.24) is 0 Å². The van der Waals surface area contributed by atoms with Crippen LogP contribution < -0.4 is 0 Å². The van der Waals surface area contributed by atoms with Crippen LogP contribution in [-0.2, 0) is 16.0 Å². The molecule has 1 N–H and O–H groups in total. The highest BCUT2D eigenvalue weighted by Gasteiger charge is 2.02. The molecular formula is C12H14O3. The molecule has 0 spiro atoms. The molecule has 3 nitrogen and oxygen atoms in total. The van der Waals surface area contributed by atoms with Crippen LogP contribution in [0, 0.1) is 0 Å². The molecule has 0 amide bonds. The summed E-state index contributed by atoms with van der Waals surface area (Å²) in [5, 5.41) is 8.52. The summed E-state index contributed by atoms with van der Waals surface area (Å²) in [5.74, 6) is -1.00. The monoisotopic (exact) mass is 206 g/mol. The molecule has 0 aliphatic rings. The van der Waals surface area contributed by atoms with Crippen LogP contribution in [-0.4, -0.2) is 24.3 Å². The van der Waals surface area contributed by atoms with Crippen molar-refractivity contribution in [2.24, 2.45) is 0 Å². The van der Waals surface area contributed by atoms with E-state index < -0.39 is 5.97 Å². The lowest BCUT2D eigenvalue weighted by Crippen LogP contribution is -2.08.